The molecule has 1 aliphatic rings. The van der Waals surface area contributed by atoms with Crippen LogP contribution in [0.1, 0.15) is 23.2 Å². The molecular formula is C12H12INO4. The predicted molar refractivity (Wildman–Crippen MR) is 72.5 cm³/mol. The van der Waals surface area contributed by atoms with Gasteiger partial charge in [-0.05, 0) is 53.6 Å². The van der Waals surface area contributed by atoms with Crippen molar-refractivity contribution < 1.29 is 19.8 Å². The fourth-order valence-corrected chi connectivity index (χ4v) is 2.59. The van der Waals surface area contributed by atoms with Gasteiger partial charge < -0.3 is 15.1 Å². The molecule has 0 unspecified atom stereocenters. The molecule has 1 heterocycles. The maximum absolute atomic E-state index is 12.2. The van der Waals surface area contributed by atoms with Gasteiger partial charge in [0.25, 0.3) is 5.91 Å². The zero-order valence-electron chi connectivity index (χ0n) is 9.47. The van der Waals surface area contributed by atoms with E-state index in [-0.39, 0.29) is 11.3 Å². The molecule has 0 saturated carbocycles. The van der Waals surface area contributed by atoms with Crippen LogP contribution in [0.3, 0.4) is 0 Å². The van der Waals surface area contributed by atoms with E-state index < -0.39 is 17.9 Å². The lowest BCUT2D eigenvalue weighted by molar-refractivity contribution is -0.141. The molecule has 1 amide bonds. The highest BCUT2D eigenvalue weighted by Gasteiger charge is 2.35. The van der Waals surface area contributed by atoms with Gasteiger partial charge >= 0.3 is 5.97 Å². The number of carbonyl (C=O) groups is 2. The molecule has 96 valence electrons. The van der Waals surface area contributed by atoms with Crippen LogP contribution in [0.15, 0.2) is 18.2 Å². The van der Waals surface area contributed by atoms with Crippen LogP contribution < -0.4 is 0 Å². The number of benzene rings is 1. The largest absolute Gasteiger partial charge is 0.507 e. The van der Waals surface area contributed by atoms with E-state index in [0.717, 1.165) is 3.57 Å². The van der Waals surface area contributed by atoms with Gasteiger partial charge in [-0.3, -0.25) is 4.79 Å². The highest BCUT2D eigenvalue weighted by molar-refractivity contribution is 14.1. The molecule has 1 aliphatic heterocycles. The quantitative estimate of drug-likeness (QED) is 0.786. The number of aromatic hydroxyl groups is 1. The molecule has 0 bridgehead atoms. The van der Waals surface area contributed by atoms with Crippen molar-refractivity contribution in [2.24, 2.45) is 0 Å². The number of amides is 1. The number of carboxylic acids is 1. The molecule has 1 fully saturated rings. The Labute approximate surface area is 118 Å². The van der Waals surface area contributed by atoms with Crippen molar-refractivity contribution in [3.05, 3.63) is 27.3 Å². The number of nitrogens with zero attached hydrogens (tertiary/aromatic N) is 1. The molecule has 0 spiro atoms. The van der Waals surface area contributed by atoms with Crippen molar-refractivity contribution in [3.63, 3.8) is 0 Å². The molecular weight excluding hydrogens is 349 g/mol. The Hall–Kier alpha value is -1.31. The summed E-state index contributed by atoms with van der Waals surface area (Å²) < 4.78 is 0.819. The second kappa shape index (κ2) is 5.13. The number of likely N-dealkylation sites (tertiary alicyclic amines) is 1. The van der Waals surface area contributed by atoms with Crippen LogP contribution in [0.25, 0.3) is 0 Å². The minimum atomic E-state index is -0.994. The highest BCUT2D eigenvalue weighted by Crippen LogP contribution is 2.25. The zero-order chi connectivity index (χ0) is 13.3. The maximum Gasteiger partial charge on any atom is 0.326 e. The fourth-order valence-electron chi connectivity index (χ4n) is 2.10. The molecule has 0 radical (unpaired) electrons. The normalized spacial score (nSPS) is 18.9. The van der Waals surface area contributed by atoms with Crippen molar-refractivity contribution in [2.75, 3.05) is 6.54 Å². The first kappa shape index (κ1) is 13.1. The lowest BCUT2D eigenvalue weighted by Crippen LogP contribution is -2.40. The maximum atomic E-state index is 12.2. The molecule has 5 nitrogen and oxygen atoms in total. The highest BCUT2D eigenvalue weighted by atomic mass is 127. The van der Waals surface area contributed by atoms with E-state index in [2.05, 4.69) is 0 Å². The van der Waals surface area contributed by atoms with Crippen molar-refractivity contribution in [3.8, 4) is 5.75 Å². The molecule has 1 aromatic carbocycles. The van der Waals surface area contributed by atoms with Gasteiger partial charge in [0.05, 0.1) is 5.56 Å². The Kier molecular flexibility index (Phi) is 3.74. The van der Waals surface area contributed by atoms with Crippen molar-refractivity contribution in [1.82, 2.24) is 4.90 Å². The van der Waals surface area contributed by atoms with Gasteiger partial charge in [-0.25, -0.2) is 4.79 Å². The summed E-state index contributed by atoms with van der Waals surface area (Å²) >= 11 is 2.04. The number of rotatable bonds is 2. The van der Waals surface area contributed by atoms with Crippen LogP contribution in [0, 0.1) is 3.57 Å². The average Bonchev–Trinajstić information content (AvgIpc) is 2.80. The second-order valence-corrected chi connectivity index (χ2v) is 5.40. The first-order valence-corrected chi connectivity index (χ1v) is 6.61. The van der Waals surface area contributed by atoms with Crippen LogP contribution in [-0.4, -0.2) is 39.6 Å². The van der Waals surface area contributed by atoms with E-state index in [1.54, 1.807) is 12.1 Å². The summed E-state index contributed by atoms with van der Waals surface area (Å²) in [6.45, 7) is 0.417. The van der Waals surface area contributed by atoms with Gasteiger partial charge in [0.2, 0.25) is 0 Å². The summed E-state index contributed by atoms with van der Waals surface area (Å²) in [6.07, 6.45) is 1.14. The van der Waals surface area contributed by atoms with E-state index in [4.69, 9.17) is 5.11 Å². The van der Waals surface area contributed by atoms with E-state index in [9.17, 15) is 14.7 Å². The Morgan fingerprint density at radius 1 is 1.39 bits per heavy atom. The Bertz CT molecular complexity index is 503. The van der Waals surface area contributed by atoms with Gasteiger partial charge in [-0.2, -0.15) is 0 Å². The molecule has 0 aliphatic carbocycles. The summed E-state index contributed by atoms with van der Waals surface area (Å²) in [4.78, 5) is 24.6. The van der Waals surface area contributed by atoms with E-state index >= 15 is 0 Å². The van der Waals surface area contributed by atoms with Crippen LogP contribution in [0.2, 0.25) is 0 Å². The van der Waals surface area contributed by atoms with Crippen molar-refractivity contribution in [2.45, 2.75) is 18.9 Å². The second-order valence-electron chi connectivity index (χ2n) is 4.16. The van der Waals surface area contributed by atoms with Gasteiger partial charge in [-0.15, -0.1) is 0 Å². The monoisotopic (exact) mass is 361 g/mol. The number of phenolic OH excluding ortho intramolecular Hbond substituents is 1. The first-order chi connectivity index (χ1) is 8.50. The van der Waals surface area contributed by atoms with Crippen molar-refractivity contribution in [1.29, 1.82) is 0 Å². The number of carbonyl (C=O) groups excluding carboxylic acids is 1. The van der Waals surface area contributed by atoms with Crippen LogP contribution in [0.4, 0.5) is 0 Å². The first-order valence-electron chi connectivity index (χ1n) is 5.53. The summed E-state index contributed by atoms with van der Waals surface area (Å²) in [5.41, 5.74) is 0.162. The molecule has 0 aromatic heterocycles. The van der Waals surface area contributed by atoms with Gasteiger partial charge in [0.1, 0.15) is 11.8 Å². The summed E-state index contributed by atoms with van der Waals surface area (Å²) in [6, 6.07) is 3.91. The Morgan fingerprint density at radius 3 is 2.78 bits per heavy atom. The third kappa shape index (κ3) is 2.43. The number of hydrogen-bond donors (Lipinski definition) is 2. The minimum absolute atomic E-state index is 0.114. The molecule has 1 atom stereocenters. The topological polar surface area (TPSA) is 77.8 Å². The van der Waals surface area contributed by atoms with E-state index in [1.165, 1.54) is 11.0 Å². The average molecular weight is 361 g/mol. The predicted octanol–water partition coefficient (Wildman–Crippen LogP) is 1.69. The van der Waals surface area contributed by atoms with Crippen molar-refractivity contribution >= 4 is 34.5 Å². The summed E-state index contributed by atoms with van der Waals surface area (Å²) in [5, 5.41) is 18.7. The van der Waals surface area contributed by atoms with Gasteiger partial charge in [0, 0.05) is 10.1 Å². The van der Waals surface area contributed by atoms with Crippen LogP contribution >= 0.6 is 22.6 Å². The number of halogens is 1. The zero-order valence-corrected chi connectivity index (χ0v) is 11.6. The smallest absolute Gasteiger partial charge is 0.326 e. The third-order valence-corrected chi connectivity index (χ3v) is 3.66. The number of carboxylic acid groups (broad SMARTS) is 1. The summed E-state index contributed by atoms with van der Waals surface area (Å²) in [7, 11) is 0. The Balaban J connectivity index is 2.31. The molecule has 1 aromatic rings. The molecule has 1 saturated heterocycles. The number of aliphatic carboxylic acids is 1. The molecule has 2 rings (SSSR count). The Morgan fingerprint density at radius 2 is 2.11 bits per heavy atom. The van der Waals surface area contributed by atoms with Crippen LogP contribution in [-0.2, 0) is 4.79 Å². The van der Waals surface area contributed by atoms with Gasteiger partial charge in [-0.1, -0.05) is 0 Å². The number of phenols is 1. The van der Waals surface area contributed by atoms with Crippen LogP contribution in [0.5, 0.6) is 5.75 Å². The molecule has 18 heavy (non-hydrogen) atoms. The lowest BCUT2D eigenvalue weighted by Gasteiger charge is -2.21. The van der Waals surface area contributed by atoms with E-state index in [1.807, 2.05) is 22.6 Å². The lowest BCUT2D eigenvalue weighted by atomic mass is 10.1. The van der Waals surface area contributed by atoms with Gasteiger partial charge in [0.15, 0.2) is 0 Å². The SMILES string of the molecule is O=C(O)[C@H]1CCCN1C(=O)c1cc(I)ccc1O. The molecule has 6 heteroatoms. The van der Waals surface area contributed by atoms with E-state index in [0.29, 0.717) is 19.4 Å². The standard InChI is InChI=1S/C12H12INO4/c13-7-3-4-10(15)8(6-7)11(16)14-5-1-2-9(14)12(17)18/h3-4,6,9,15H,1-2,5H2,(H,17,18)/t9-/m1/s1. The number of hydrogen-bond acceptors (Lipinski definition) is 3. The minimum Gasteiger partial charge on any atom is -0.507 e. The molecule has 2 N–H and O–H groups in total. The fraction of sp³-hybridized carbons (Fsp3) is 0.333. The summed E-state index contributed by atoms with van der Waals surface area (Å²) in [5.74, 6) is -1.53. The third-order valence-electron chi connectivity index (χ3n) is 2.99.